The molecular weight excluding hydrogens is 669 g/mol. The number of nitrogens with two attached hydrogens (primary N) is 2. The van der Waals surface area contributed by atoms with Crippen LogP contribution >= 0.6 is 0 Å². The molecule has 1 saturated heterocycles. The average molecular weight is 709 g/mol. The second-order valence-corrected chi connectivity index (χ2v) is 14.9. The van der Waals surface area contributed by atoms with Gasteiger partial charge in [0.15, 0.2) is 5.96 Å². The van der Waals surface area contributed by atoms with Crippen molar-refractivity contribution in [2.24, 2.45) is 11.5 Å². The van der Waals surface area contributed by atoms with E-state index < -0.39 is 38.0 Å². The molecule has 0 saturated carbocycles. The van der Waals surface area contributed by atoms with Gasteiger partial charge in [-0.25, -0.2) is 13.1 Å². The van der Waals surface area contributed by atoms with E-state index in [9.17, 15) is 26.4 Å². The molecule has 7 N–H and O–H groups in total. The first kappa shape index (κ1) is 37.0. The van der Waals surface area contributed by atoms with Gasteiger partial charge in [0.05, 0.1) is 9.79 Å². The molecule has 260 valence electrons. The van der Waals surface area contributed by atoms with Gasteiger partial charge in [0.25, 0.3) is 16.0 Å². The fourth-order valence-electron chi connectivity index (χ4n) is 5.57. The second kappa shape index (κ2) is 15.6. The first-order valence-corrected chi connectivity index (χ1v) is 18.3. The number of likely N-dealkylation sites (tertiary alicyclic amines) is 1. The molecule has 2 amide bonds. The summed E-state index contributed by atoms with van der Waals surface area (Å²) in [5.41, 5.74) is 13.4. The minimum Gasteiger partial charge on any atom is -0.370 e. The van der Waals surface area contributed by atoms with E-state index in [4.69, 9.17) is 21.4 Å². The molecule has 0 aromatic heterocycles. The van der Waals surface area contributed by atoms with Crippen LogP contribution in [0.2, 0.25) is 0 Å². The van der Waals surface area contributed by atoms with Crippen LogP contribution in [0.3, 0.4) is 0 Å². The molecule has 49 heavy (non-hydrogen) atoms. The maximum atomic E-state index is 13.6. The molecule has 1 heterocycles. The molecule has 1 aliphatic heterocycles. The van der Waals surface area contributed by atoms with Crippen molar-refractivity contribution in [3.8, 4) is 0 Å². The van der Waals surface area contributed by atoms with Gasteiger partial charge < -0.3 is 21.3 Å². The Morgan fingerprint density at radius 1 is 0.939 bits per heavy atom. The SMILES string of the molecule is CN(C(=O)c1ccccc1[C@@H]1CCCN(C(=N)N)C1)C(CNS(=O)(=O)c1ccc2ccccc2c1)C(N)=O.Cc1ccc(S(=O)(=O)O)cc1. The summed E-state index contributed by atoms with van der Waals surface area (Å²) in [5, 5.41) is 9.43. The molecule has 15 heteroatoms. The number of hydrogen-bond donors (Lipinski definition) is 5. The zero-order valence-electron chi connectivity index (χ0n) is 27.1. The van der Waals surface area contributed by atoms with Crippen LogP contribution in [0.15, 0.2) is 101 Å². The van der Waals surface area contributed by atoms with Gasteiger partial charge in [0.1, 0.15) is 6.04 Å². The Bertz CT molecular complexity index is 2050. The van der Waals surface area contributed by atoms with Gasteiger partial charge in [-0.15, -0.1) is 0 Å². The number of carbonyl (C=O) groups excluding carboxylic acids is 2. The average Bonchev–Trinajstić information content (AvgIpc) is 3.07. The lowest BCUT2D eigenvalue weighted by atomic mass is 9.87. The molecule has 5 rings (SSSR count). The smallest absolute Gasteiger partial charge is 0.294 e. The maximum Gasteiger partial charge on any atom is 0.294 e. The summed E-state index contributed by atoms with van der Waals surface area (Å²) in [4.78, 5) is 28.9. The van der Waals surface area contributed by atoms with Crippen molar-refractivity contribution in [2.45, 2.75) is 41.5 Å². The number of likely N-dealkylation sites (N-methyl/N-ethyl adjacent to an activating group) is 1. The second-order valence-electron chi connectivity index (χ2n) is 11.7. The summed E-state index contributed by atoms with van der Waals surface area (Å²) < 4.78 is 58.0. The van der Waals surface area contributed by atoms with Crippen LogP contribution in [-0.2, 0) is 24.9 Å². The predicted molar refractivity (Wildman–Crippen MR) is 187 cm³/mol. The lowest BCUT2D eigenvalue weighted by molar-refractivity contribution is -0.121. The summed E-state index contributed by atoms with van der Waals surface area (Å²) >= 11 is 0. The van der Waals surface area contributed by atoms with E-state index in [1.165, 1.54) is 30.1 Å². The minimum absolute atomic E-state index is 0.0110. The minimum atomic E-state index is -4.02. The van der Waals surface area contributed by atoms with E-state index in [1.807, 2.05) is 43.3 Å². The zero-order chi connectivity index (χ0) is 35.9. The Hall–Kier alpha value is -4.83. The number of aryl methyl sites for hydroxylation is 1. The predicted octanol–water partition coefficient (Wildman–Crippen LogP) is 3.06. The van der Waals surface area contributed by atoms with Crippen LogP contribution in [0.5, 0.6) is 0 Å². The van der Waals surface area contributed by atoms with Crippen molar-refractivity contribution in [1.82, 2.24) is 14.5 Å². The van der Waals surface area contributed by atoms with Crippen molar-refractivity contribution in [1.29, 1.82) is 5.41 Å². The van der Waals surface area contributed by atoms with Crippen LogP contribution in [0.4, 0.5) is 0 Å². The molecule has 4 aromatic carbocycles. The normalized spacial score (nSPS) is 15.5. The zero-order valence-corrected chi connectivity index (χ0v) is 28.7. The molecule has 1 fully saturated rings. The van der Waals surface area contributed by atoms with Crippen LogP contribution in [-0.4, -0.2) is 81.7 Å². The molecule has 0 bridgehead atoms. The summed E-state index contributed by atoms with van der Waals surface area (Å²) in [7, 11) is -6.56. The Labute approximate surface area is 286 Å². The van der Waals surface area contributed by atoms with E-state index >= 15 is 0 Å². The molecule has 0 radical (unpaired) electrons. The van der Waals surface area contributed by atoms with Gasteiger partial charge in [-0.2, -0.15) is 8.42 Å². The fraction of sp³-hybridized carbons (Fsp3) is 0.265. The van der Waals surface area contributed by atoms with E-state index in [0.717, 1.165) is 34.7 Å². The van der Waals surface area contributed by atoms with E-state index in [2.05, 4.69) is 4.72 Å². The number of carbonyl (C=O) groups is 2. The molecule has 0 aliphatic carbocycles. The molecule has 4 aromatic rings. The number of nitrogens with zero attached hydrogens (tertiary/aromatic N) is 2. The van der Waals surface area contributed by atoms with Gasteiger partial charge in [-0.05, 0) is 66.4 Å². The van der Waals surface area contributed by atoms with Crippen LogP contribution in [0.25, 0.3) is 10.8 Å². The number of fused-ring (bicyclic) bond motifs is 1. The van der Waals surface area contributed by atoms with Gasteiger partial charge in [0.2, 0.25) is 15.9 Å². The molecule has 1 aliphatic rings. The van der Waals surface area contributed by atoms with Crippen molar-refractivity contribution in [3.63, 3.8) is 0 Å². The Morgan fingerprint density at radius 2 is 1.55 bits per heavy atom. The van der Waals surface area contributed by atoms with Gasteiger partial charge in [-0.1, -0.05) is 66.2 Å². The Morgan fingerprint density at radius 3 is 2.18 bits per heavy atom. The van der Waals surface area contributed by atoms with Crippen LogP contribution < -0.4 is 16.2 Å². The molecule has 0 spiro atoms. The number of benzene rings is 4. The van der Waals surface area contributed by atoms with Crippen LogP contribution in [0.1, 0.15) is 40.2 Å². The highest BCUT2D eigenvalue weighted by molar-refractivity contribution is 7.89. The third-order valence-corrected chi connectivity index (χ3v) is 10.6. The Kier molecular flexibility index (Phi) is 11.8. The standard InChI is InChI=1S/C27H32N6O4S.C7H8O3S/c1-32(26(35)23-11-5-4-10-22(23)20-9-6-14-33(17-20)27(29)30)24(25(28)34)16-31-38(36,37)21-13-12-18-7-2-3-8-19(18)15-21;1-6-2-4-7(5-3-6)11(8,9)10/h2-5,7-8,10-13,15,20,24,31H,6,9,14,16-17H2,1H3,(H2,28,34)(H3,29,30);2-5H,1H3,(H,8,9,10)/t20-,24?;/m1./s1. The molecule has 13 nitrogen and oxygen atoms in total. The van der Waals surface area contributed by atoms with Crippen molar-refractivity contribution >= 4 is 48.7 Å². The third-order valence-electron chi connectivity index (χ3n) is 8.33. The van der Waals surface area contributed by atoms with Gasteiger partial charge >= 0.3 is 0 Å². The summed E-state index contributed by atoms with van der Waals surface area (Å²) in [6.45, 7) is 2.65. The third kappa shape index (κ3) is 9.41. The highest BCUT2D eigenvalue weighted by Gasteiger charge is 2.31. The highest BCUT2D eigenvalue weighted by atomic mass is 32.2. The lowest BCUT2D eigenvalue weighted by Crippen LogP contribution is -2.52. The monoisotopic (exact) mass is 708 g/mol. The fourth-order valence-corrected chi connectivity index (χ4v) is 7.13. The number of nitrogens with one attached hydrogen (secondary N) is 2. The van der Waals surface area contributed by atoms with Gasteiger partial charge in [0, 0.05) is 38.2 Å². The molecule has 1 unspecified atom stereocenters. The Balaban J connectivity index is 0.000000418. The first-order chi connectivity index (χ1) is 23.1. The number of hydrogen-bond acceptors (Lipinski definition) is 7. The van der Waals surface area contributed by atoms with E-state index in [-0.39, 0.29) is 28.2 Å². The van der Waals surface area contributed by atoms with Crippen molar-refractivity contribution < 1.29 is 31.0 Å². The lowest BCUT2D eigenvalue weighted by Gasteiger charge is -2.34. The van der Waals surface area contributed by atoms with Crippen molar-refractivity contribution in [3.05, 3.63) is 108 Å². The molecule has 2 atom stereocenters. The number of amides is 2. The maximum absolute atomic E-state index is 13.6. The number of primary amides is 1. The van der Waals surface area contributed by atoms with Gasteiger partial charge in [-0.3, -0.25) is 19.6 Å². The summed E-state index contributed by atoms with van der Waals surface area (Å²) in [6, 6.07) is 24.0. The van der Waals surface area contributed by atoms with E-state index in [1.54, 1.807) is 41.3 Å². The number of piperidine rings is 1. The number of sulfonamides is 1. The van der Waals surface area contributed by atoms with Crippen molar-refractivity contribution in [2.75, 3.05) is 26.7 Å². The first-order valence-electron chi connectivity index (χ1n) is 15.4. The summed E-state index contributed by atoms with van der Waals surface area (Å²) in [6.07, 6.45) is 1.64. The summed E-state index contributed by atoms with van der Waals surface area (Å²) in [5.74, 6) is -1.32. The van der Waals surface area contributed by atoms with Crippen LogP contribution in [0, 0.1) is 12.3 Å². The number of rotatable bonds is 9. The largest absolute Gasteiger partial charge is 0.370 e. The highest BCUT2D eigenvalue weighted by Crippen LogP contribution is 2.30. The quantitative estimate of drug-likeness (QED) is 0.0979. The van der Waals surface area contributed by atoms with E-state index in [0.29, 0.717) is 18.7 Å². The molecular formula is C34H40N6O7S2. The topological polar surface area (TPSA) is 217 Å². The number of guanidine groups is 1.